The molecule has 0 fully saturated rings. The number of nitrogens with one attached hydrogen (secondary N) is 2. The lowest BCUT2D eigenvalue weighted by atomic mass is 10.1. The maximum atomic E-state index is 12.3. The minimum Gasteiger partial charge on any atom is -0.351 e. The number of halogens is 1. The average molecular weight is 375 g/mol. The zero-order valence-electron chi connectivity index (χ0n) is 13.8. The van der Waals surface area contributed by atoms with Gasteiger partial charge in [0.15, 0.2) is 0 Å². The fourth-order valence-electron chi connectivity index (χ4n) is 2.51. The molecule has 0 spiro atoms. The number of aryl methyl sites for hydroxylation is 1. The number of hydrogen-bond acceptors (Lipinski definition) is 2. The van der Waals surface area contributed by atoms with E-state index in [1.165, 1.54) is 5.56 Å². The highest BCUT2D eigenvalue weighted by Gasteiger charge is 2.17. The largest absolute Gasteiger partial charge is 0.351 e. The van der Waals surface area contributed by atoms with Crippen molar-refractivity contribution in [3.05, 3.63) is 69.7 Å². The van der Waals surface area contributed by atoms with E-state index in [1.54, 1.807) is 0 Å². The van der Waals surface area contributed by atoms with Crippen molar-refractivity contribution in [2.75, 3.05) is 0 Å². The molecule has 0 aliphatic rings. The van der Waals surface area contributed by atoms with E-state index in [0.29, 0.717) is 6.54 Å². The molecule has 0 aliphatic carbocycles. The first-order valence-electron chi connectivity index (χ1n) is 7.81. The molecule has 0 aliphatic heterocycles. The molecule has 23 heavy (non-hydrogen) atoms. The van der Waals surface area contributed by atoms with Crippen molar-refractivity contribution >= 4 is 21.8 Å². The molecule has 0 radical (unpaired) electrons. The van der Waals surface area contributed by atoms with Gasteiger partial charge in [0.05, 0.1) is 6.04 Å². The van der Waals surface area contributed by atoms with E-state index < -0.39 is 0 Å². The van der Waals surface area contributed by atoms with Crippen LogP contribution in [0.5, 0.6) is 0 Å². The van der Waals surface area contributed by atoms with Crippen molar-refractivity contribution in [3.8, 4) is 0 Å². The summed E-state index contributed by atoms with van der Waals surface area (Å²) in [5.74, 6) is 0.00663. The van der Waals surface area contributed by atoms with E-state index >= 15 is 0 Å². The van der Waals surface area contributed by atoms with Crippen LogP contribution in [-0.2, 0) is 11.3 Å². The van der Waals surface area contributed by atoms with E-state index in [2.05, 4.69) is 52.5 Å². The van der Waals surface area contributed by atoms with Crippen LogP contribution < -0.4 is 10.6 Å². The molecule has 4 heteroatoms. The summed E-state index contributed by atoms with van der Waals surface area (Å²) in [6.45, 7) is 6.56. The van der Waals surface area contributed by atoms with E-state index in [-0.39, 0.29) is 18.0 Å². The van der Waals surface area contributed by atoms with Gasteiger partial charge in [0, 0.05) is 17.1 Å². The van der Waals surface area contributed by atoms with Crippen LogP contribution in [0.15, 0.2) is 53.0 Å². The first-order chi connectivity index (χ1) is 11.0. The average Bonchev–Trinajstić information content (AvgIpc) is 2.54. The van der Waals surface area contributed by atoms with Gasteiger partial charge < -0.3 is 5.32 Å². The fraction of sp³-hybridized carbons (Fsp3) is 0.316. The number of amides is 1. The van der Waals surface area contributed by atoms with Gasteiger partial charge in [0.25, 0.3) is 0 Å². The zero-order chi connectivity index (χ0) is 16.8. The molecule has 3 nitrogen and oxygen atoms in total. The van der Waals surface area contributed by atoms with Crippen molar-refractivity contribution in [1.82, 2.24) is 10.6 Å². The Morgan fingerprint density at radius 1 is 1.09 bits per heavy atom. The van der Waals surface area contributed by atoms with Crippen LogP contribution in [0, 0.1) is 6.92 Å². The normalized spacial score (nSPS) is 13.4. The van der Waals surface area contributed by atoms with E-state index in [9.17, 15) is 4.79 Å². The Hall–Kier alpha value is -1.65. The Morgan fingerprint density at radius 3 is 2.43 bits per heavy atom. The third-order valence-corrected chi connectivity index (χ3v) is 4.70. The first kappa shape index (κ1) is 17.7. The van der Waals surface area contributed by atoms with Gasteiger partial charge >= 0.3 is 0 Å². The Labute approximate surface area is 146 Å². The highest BCUT2D eigenvalue weighted by atomic mass is 79.9. The van der Waals surface area contributed by atoms with Crippen LogP contribution in [0.1, 0.15) is 36.6 Å². The van der Waals surface area contributed by atoms with Crippen LogP contribution >= 0.6 is 15.9 Å². The lowest BCUT2D eigenvalue weighted by Gasteiger charge is -2.21. The predicted molar refractivity (Wildman–Crippen MR) is 98.2 cm³/mol. The Bertz CT molecular complexity index is 672. The van der Waals surface area contributed by atoms with Gasteiger partial charge in [-0.2, -0.15) is 0 Å². The summed E-state index contributed by atoms with van der Waals surface area (Å²) in [5.41, 5.74) is 3.48. The van der Waals surface area contributed by atoms with Gasteiger partial charge in [-0.3, -0.25) is 10.1 Å². The molecule has 2 unspecified atom stereocenters. The smallest absolute Gasteiger partial charge is 0.237 e. The summed E-state index contributed by atoms with van der Waals surface area (Å²) in [6.07, 6.45) is 0. The van der Waals surface area contributed by atoms with Crippen molar-refractivity contribution in [2.45, 2.75) is 39.4 Å². The van der Waals surface area contributed by atoms with Crippen LogP contribution in [0.25, 0.3) is 0 Å². The highest BCUT2D eigenvalue weighted by Crippen LogP contribution is 2.23. The SMILES string of the molecule is Cc1ccccc1CNC(=O)C(C)NC(C)c1ccccc1Br. The van der Waals surface area contributed by atoms with Crippen molar-refractivity contribution in [1.29, 1.82) is 0 Å². The summed E-state index contributed by atoms with van der Waals surface area (Å²) in [7, 11) is 0. The minimum atomic E-state index is -0.263. The maximum Gasteiger partial charge on any atom is 0.237 e. The van der Waals surface area contributed by atoms with Crippen LogP contribution in [0.3, 0.4) is 0 Å². The molecule has 0 bridgehead atoms. The predicted octanol–water partition coefficient (Wildman–Crippen LogP) is 4.11. The Kier molecular flexibility index (Phi) is 6.37. The summed E-state index contributed by atoms with van der Waals surface area (Å²) >= 11 is 3.55. The van der Waals surface area contributed by atoms with Gasteiger partial charge in [-0.1, -0.05) is 58.4 Å². The van der Waals surface area contributed by atoms with Gasteiger partial charge in [-0.15, -0.1) is 0 Å². The molecule has 0 saturated heterocycles. The third kappa shape index (κ3) is 4.91. The van der Waals surface area contributed by atoms with E-state index in [4.69, 9.17) is 0 Å². The van der Waals surface area contributed by atoms with Gasteiger partial charge in [-0.25, -0.2) is 0 Å². The molecule has 2 aromatic rings. The molecule has 2 atom stereocenters. The topological polar surface area (TPSA) is 41.1 Å². The Balaban J connectivity index is 1.90. The molecule has 0 saturated carbocycles. The third-order valence-electron chi connectivity index (χ3n) is 3.98. The molecule has 2 rings (SSSR count). The molecule has 1 amide bonds. The first-order valence-corrected chi connectivity index (χ1v) is 8.61. The summed E-state index contributed by atoms with van der Waals surface area (Å²) in [6, 6.07) is 16.0. The number of benzene rings is 2. The molecule has 0 aromatic heterocycles. The number of carbonyl (C=O) groups is 1. The Morgan fingerprint density at radius 2 is 1.74 bits per heavy atom. The zero-order valence-corrected chi connectivity index (χ0v) is 15.4. The highest BCUT2D eigenvalue weighted by molar-refractivity contribution is 9.10. The fourth-order valence-corrected chi connectivity index (χ4v) is 3.14. The summed E-state index contributed by atoms with van der Waals surface area (Å²) in [4.78, 5) is 12.3. The van der Waals surface area contributed by atoms with Gasteiger partial charge in [-0.05, 0) is 43.5 Å². The van der Waals surface area contributed by atoms with Crippen molar-refractivity contribution < 1.29 is 4.79 Å². The van der Waals surface area contributed by atoms with Gasteiger partial charge in [0.1, 0.15) is 0 Å². The van der Waals surface area contributed by atoms with E-state index in [1.807, 2.05) is 43.3 Å². The summed E-state index contributed by atoms with van der Waals surface area (Å²) < 4.78 is 1.05. The lowest BCUT2D eigenvalue weighted by Crippen LogP contribution is -2.42. The van der Waals surface area contributed by atoms with Crippen LogP contribution in [0.2, 0.25) is 0 Å². The molecular formula is C19H23BrN2O. The monoisotopic (exact) mass is 374 g/mol. The molecule has 122 valence electrons. The quantitative estimate of drug-likeness (QED) is 0.798. The number of rotatable bonds is 6. The minimum absolute atomic E-state index is 0.00663. The molecule has 0 heterocycles. The number of carbonyl (C=O) groups excluding carboxylic acids is 1. The molecular weight excluding hydrogens is 352 g/mol. The number of hydrogen-bond donors (Lipinski definition) is 2. The molecule has 2 N–H and O–H groups in total. The van der Waals surface area contributed by atoms with E-state index in [0.717, 1.165) is 15.6 Å². The van der Waals surface area contributed by atoms with Crippen molar-refractivity contribution in [3.63, 3.8) is 0 Å². The second-order valence-corrected chi connectivity index (χ2v) is 6.63. The van der Waals surface area contributed by atoms with Crippen LogP contribution in [0.4, 0.5) is 0 Å². The summed E-state index contributed by atoms with van der Waals surface area (Å²) in [5, 5.41) is 6.34. The second kappa shape index (κ2) is 8.27. The van der Waals surface area contributed by atoms with Crippen LogP contribution in [-0.4, -0.2) is 11.9 Å². The lowest BCUT2D eigenvalue weighted by molar-refractivity contribution is -0.123. The van der Waals surface area contributed by atoms with Crippen molar-refractivity contribution in [2.24, 2.45) is 0 Å². The maximum absolute atomic E-state index is 12.3. The van der Waals surface area contributed by atoms with Gasteiger partial charge in [0.2, 0.25) is 5.91 Å². The standard InChI is InChI=1S/C19H23BrN2O/c1-13-8-4-5-9-16(13)12-21-19(23)15(3)22-14(2)17-10-6-7-11-18(17)20/h4-11,14-15,22H,12H2,1-3H3,(H,21,23). The second-order valence-electron chi connectivity index (χ2n) is 5.78. The molecule has 2 aromatic carbocycles.